The lowest BCUT2D eigenvalue weighted by molar-refractivity contribution is -0.140. The number of ether oxygens (including phenoxy) is 1. The Balaban J connectivity index is 2.83. The Morgan fingerprint density at radius 2 is 2.05 bits per heavy atom. The Hall–Kier alpha value is -2.05. The van der Waals surface area contributed by atoms with Crippen molar-refractivity contribution in [1.82, 2.24) is 14.9 Å². The van der Waals surface area contributed by atoms with Gasteiger partial charge < -0.3 is 19.7 Å². The number of nitrogens with one attached hydrogen (secondary N) is 1. The van der Waals surface area contributed by atoms with E-state index in [4.69, 9.17) is 4.74 Å². The number of aliphatic carboxylic acids is 1. The molecule has 2 atom stereocenters. The van der Waals surface area contributed by atoms with Crippen LogP contribution in [0.2, 0.25) is 0 Å². The van der Waals surface area contributed by atoms with Gasteiger partial charge in [0.25, 0.3) is 0 Å². The largest absolute Gasteiger partial charge is 0.480 e. The Morgan fingerprint density at radius 1 is 1.45 bits per heavy atom. The summed E-state index contributed by atoms with van der Waals surface area (Å²) >= 11 is 0. The zero-order valence-electron chi connectivity index (χ0n) is 12.4. The fourth-order valence-electron chi connectivity index (χ4n) is 1.80. The van der Waals surface area contributed by atoms with Crippen LogP contribution in [0, 0.1) is 6.92 Å². The molecule has 0 aliphatic rings. The summed E-state index contributed by atoms with van der Waals surface area (Å²) in [6, 6.07) is -1.58. The maximum absolute atomic E-state index is 11.7. The van der Waals surface area contributed by atoms with Crippen molar-refractivity contribution in [1.29, 1.82) is 0 Å². The minimum atomic E-state index is -1.13. The minimum absolute atomic E-state index is 0.484. The molecule has 7 heteroatoms. The number of carbonyl (C=O) groups excluding carboxylic acids is 1. The topological polar surface area (TPSA) is 93.5 Å². The van der Waals surface area contributed by atoms with Crippen molar-refractivity contribution in [3.8, 4) is 0 Å². The Morgan fingerprint density at radius 3 is 2.45 bits per heavy atom. The van der Waals surface area contributed by atoms with E-state index in [1.165, 1.54) is 0 Å². The molecule has 0 aromatic carbocycles. The number of hydrogen-bond donors (Lipinski definition) is 2. The quantitative estimate of drug-likeness (QED) is 0.877. The second-order valence-electron chi connectivity index (χ2n) is 5.58. The highest BCUT2D eigenvalue weighted by Gasteiger charge is 2.30. The summed E-state index contributed by atoms with van der Waals surface area (Å²) < 4.78 is 6.77. The smallest absolute Gasteiger partial charge is 0.408 e. The van der Waals surface area contributed by atoms with Gasteiger partial charge in [0.05, 0.1) is 6.04 Å². The average molecular weight is 283 g/mol. The third-order valence-corrected chi connectivity index (χ3v) is 2.72. The number of rotatable bonds is 4. The highest BCUT2D eigenvalue weighted by Crippen LogP contribution is 2.15. The zero-order chi connectivity index (χ0) is 15.5. The number of carboxylic acids is 1. The number of alkyl carbamates (subject to hydrolysis) is 1. The first-order chi connectivity index (χ1) is 9.11. The molecule has 1 heterocycles. The first-order valence-electron chi connectivity index (χ1n) is 6.33. The van der Waals surface area contributed by atoms with Gasteiger partial charge in [0.1, 0.15) is 17.5 Å². The van der Waals surface area contributed by atoms with E-state index >= 15 is 0 Å². The molecule has 112 valence electrons. The molecule has 2 unspecified atom stereocenters. The monoisotopic (exact) mass is 283 g/mol. The standard InChI is InChI=1S/C13H21N3O4/c1-8(16-7-6-14-9(16)2)10(11(17)18)15-12(19)20-13(3,4)5/h6-8,10H,1-5H3,(H,15,19)(H,17,18). The fraction of sp³-hybridized carbons (Fsp3) is 0.615. The van der Waals surface area contributed by atoms with E-state index < -0.39 is 29.7 Å². The van der Waals surface area contributed by atoms with Gasteiger partial charge in [0.15, 0.2) is 0 Å². The van der Waals surface area contributed by atoms with Gasteiger partial charge in [0, 0.05) is 12.4 Å². The molecule has 0 aliphatic carbocycles. The predicted octanol–water partition coefficient (Wildman–Crippen LogP) is 1.73. The Bertz CT molecular complexity index is 490. The predicted molar refractivity (Wildman–Crippen MR) is 72.5 cm³/mol. The fourth-order valence-corrected chi connectivity index (χ4v) is 1.80. The molecule has 0 fully saturated rings. The van der Waals surface area contributed by atoms with Gasteiger partial charge in [-0.25, -0.2) is 14.6 Å². The third kappa shape index (κ3) is 4.25. The van der Waals surface area contributed by atoms with Crippen LogP contribution < -0.4 is 5.32 Å². The number of aryl methyl sites for hydroxylation is 1. The normalized spacial score (nSPS) is 14.4. The van der Waals surface area contributed by atoms with Crippen LogP contribution in [0.4, 0.5) is 4.79 Å². The average Bonchev–Trinajstić information content (AvgIpc) is 2.68. The number of carbonyl (C=O) groups is 2. The van der Waals surface area contributed by atoms with Crippen LogP contribution in [0.25, 0.3) is 0 Å². The van der Waals surface area contributed by atoms with E-state index in [0.29, 0.717) is 5.82 Å². The van der Waals surface area contributed by atoms with Gasteiger partial charge in [-0.1, -0.05) is 0 Å². The summed E-state index contributed by atoms with van der Waals surface area (Å²) in [7, 11) is 0. The summed E-state index contributed by atoms with van der Waals surface area (Å²) in [5, 5.41) is 11.7. The summed E-state index contributed by atoms with van der Waals surface area (Å²) in [5.74, 6) is -0.453. The number of aromatic nitrogens is 2. The second kappa shape index (κ2) is 5.94. The van der Waals surface area contributed by atoms with Crippen molar-refractivity contribution in [2.24, 2.45) is 0 Å². The van der Waals surface area contributed by atoms with Crippen LogP contribution >= 0.6 is 0 Å². The van der Waals surface area contributed by atoms with E-state index in [0.717, 1.165) is 0 Å². The highest BCUT2D eigenvalue weighted by molar-refractivity contribution is 5.80. The summed E-state index contributed by atoms with van der Waals surface area (Å²) in [6.45, 7) is 8.61. The van der Waals surface area contributed by atoms with Crippen molar-refractivity contribution in [2.45, 2.75) is 52.3 Å². The molecule has 1 aromatic heterocycles. The number of hydrogen-bond acceptors (Lipinski definition) is 4. The van der Waals surface area contributed by atoms with Gasteiger partial charge >= 0.3 is 12.1 Å². The van der Waals surface area contributed by atoms with E-state index in [2.05, 4.69) is 10.3 Å². The Kier molecular flexibility index (Phi) is 4.75. The third-order valence-electron chi connectivity index (χ3n) is 2.72. The molecule has 2 N–H and O–H groups in total. The molecule has 1 aromatic rings. The first kappa shape index (κ1) is 16.0. The molecule has 0 radical (unpaired) electrons. The van der Waals surface area contributed by atoms with Crippen molar-refractivity contribution in [2.75, 3.05) is 0 Å². The molecule has 0 spiro atoms. The number of amides is 1. The van der Waals surface area contributed by atoms with Crippen molar-refractivity contribution >= 4 is 12.1 Å². The molecule has 7 nitrogen and oxygen atoms in total. The maximum Gasteiger partial charge on any atom is 0.408 e. The molecule has 0 saturated heterocycles. The van der Waals surface area contributed by atoms with E-state index in [-0.39, 0.29) is 0 Å². The molecular formula is C13H21N3O4. The van der Waals surface area contributed by atoms with Crippen LogP contribution in [0.3, 0.4) is 0 Å². The van der Waals surface area contributed by atoms with E-state index in [1.807, 2.05) is 0 Å². The Labute approximate surface area is 118 Å². The summed E-state index contributed by atoms with van der Waals surface area (Å²) in [5.41, 5.74) is -0.679. The van der Waals surface area contributed by atoms with Crippen LogP contribution in [0.1, 0.15) is 39.6 Å². The van der Waals surface area contributed by atoms with Crippen molar-refractivity contribution in [3.05, 3.63) is 18.2 Å². The lowest BCUT2D eigenvalue weighted by Gasteiger charge is -2.26. The van der Waals surface area contributed by atoms with E-state index in [1.54, 1.807) is 51.6 Å². The van der Waals surface area contributed by atoms with Gasteiger partial charge in [0.2, 0.25) is 0 Å². The molecule has 0 bridgehead atoms. The molecule has 0 saturated carbocycles. The van der Waals surface area contributed by atoms with Crippen LogP contribution in [-0.2, 0) is 9.53 Å². The SMILES string of the molecule is Cc1nccn1C(C)C(NC(=O)OC(C)(C)C)C(=O)O. The number of imidazole rings is 1. The van der Waals surface area contributed by atoms with Gasteiger partial charge in [-0.3, -0.25) is 0 Å². The van der Waals surface area contributed by atoms with Gasteiger partial charge in [-0.05, 0) is 34.6 Å². The van der Waals surface area contributed by atoms with Crippen molar-refractivity contribution in [3.63, 3.8) is 0 Å². The van der Waals surface area contributed by atoms with Crippen LogP contribution in [0.5, 0.6) is 0 Å². The summed E-state index contributed by atoms with van der Waals surface area (Å²) in [6.07, 6.45) is 2.50. The minimum Gasteiger partial charge on any atom is -0.480 e. The number of carboxylic acid groups (broad SMARTS) is 1. The molecule has 1 amide bonds. The second-order valence-corrected chi connectivity index (χ2v) is 5.58. The van der Waals surface area contributed by atoms with Crippen LogP contribution in [-0.4, -0.2) is 38.4 Å². The molecule has 0 aliphatic heterocycles. The molecular weight excluding hydrogens is 262 g/mol. The maximum atomic E-state index is 11.7. The van der Waals surface area contributed by atoms with Gasteiger partial charge in [-0.15, -0.1) is 0 Å². The first-order valence-corrected chi connectivity index (χ1v) is 6.33. The zero-order valence-corrected chi connectivity index (χ0v) is 12.4. The van der Waals surface area contributed by atoms with Crippen LogP contribution in [0.15, 0.2) is 12.4 Å². The van der Waals surface area contributed by atoms with Gasteiger partial charge in [-0.2, -0.15) is 0 Å². The van der Waals surface area contributed by atoms with Crippen molar-refractivity contribution < 1.29 is 19.4 Å². The lowest BCUT2D eigenvalue weighted by atomic mass is 10.1. The summed E-state index contributed by atoms with van der Waals surface area (Å²) in [4.78, 5) is 27.1. The highest BCUT2D eigenvalue weighted by atomic mass is 16.6. The lowest BCUT2D eigenvalue weighted by Crippen LogP contribution is -2.47. The number of nitrogens with zero attached hydrogens (tertiary/aromatic N) is 2. The molecule has 1 rings (SSSR count). The molecule has 20 heavy (non-hydrogen) atoms. The van der Waals surface area contributed by atoms with E-state index in [9.17, 15) is 14.7 Å².